The Balaban J connectivity index is 1.95. The minimum Gasteiger partial charge on any atom is -0.351 e. The molecule has 1 N–H and O–H groups in total. The molecule has 1 aliphatic heterocycles. The van der Waals surface area contributed by atoms with Crippen molar-refractivity contribution in [2.75, 3.05) is 23.3 Å². The summed E-state index contributed by atoms with van der Waals surface area (Å²) in [4.78, 5) is 21.3. The summed E-state index contributed by atoms with van der Waals surface area (Å²) in [5.41, 5.74) is 0.378. The summed E-state index contributed by atoms with van der Waals surface area (Å²) >= 11 is 0. The lowest BCUT2D eigenvalue weighted by Gasteiger charge is -2.21. The van der Waals surface area contributed by atoms with E-state index in [2.05, 4.69) is 15.3 Å². The number of rotatable bonds is 4. The molecule has 0 radical (unpaired) electrons. The molecule has 0 unspecified atom stereocenters. The van der Waals surface area contributed by atoms with E-state index >= 15 is 0 Å². The molecular weight excluding hydrogens is 313 g/mol. The first kappa shape index (κ1) is 16.1. The predicted octanol–water partition coefficient (Wildman–Crippen LogP) is 3.65. The van der Waals surface area contributed by atoms with Crippen molar-refractivity contribution < 1.29 is 9.31 Å². The molecule has 1 aromatic carbocycles. The third-order valence-electron chi connectivity index (χ3n) is 4.00. The Bertz CT molecular complexity index is 715. The van der Waals surface area contributed by atoms with Crippen molar-refractivity contribution in [1.82, 2.24) is 9.97 Å². The molecule has 1 fully saturated rings. The summed E-state index contributed by atoms with van der Waals surface area (Å²) in [6.07, 6.45) is 5.54. The van der Waals surface area contributed by atoms with Gasteiger partial charge in [0.2, 0.25) is 11.6 Å². The fraction of sp³-hybridized carbons (Fsp3) is 0.375. The summed E-state index contributed by atoms with van der Waals surface area (Å²) in [7, 11) is 0. The number of aromatic nitrogens is 2. The average molecular weight is 331 g/mol. The highest BCUT2D eigenvalue weighted by molar-refractivity contribution is 5.74. The van der Waals surface area contributed by atoms with Gasteiger partial charge in [0.15, 0.2) is 0 Å². The van der Waals surface area contributed by atoms with Crippen molar-refractivity contribution in [2.24, 2.45) is 0 Å². The van der Waals surface area contributed by atoms with Crippen molar-refractivity contribution in [1.29, 1.82) is 0 Å². The number of nitrogens with zero attached hydrogens (tertiary/aromatic N) is 4. The lowest BCUT2D eigenvalue weighted by Crippen LogP contribution is -2.26. The number of hydrogen-bond donors (Lipinski definition) is 1. The second-order valence-corrected chi connectivity index (χ2v) is 5.68. The number of benzene rings is 1. The molecule has 7 nitrogen and oxygen atoms in total. The maximum absolute atomic E-state index is 13.0. The first-order chi connectivity index (χ1) is 11.6. The van der Waals surface area contributed by atoms with Crippen LogP contribution in [0.5, 0.6) is 0 Å². The third-order valence-corrected chi connectivity index (χ3v) is 4.00. The molecule has 126 valence electrons. The number of nitrogens with one attached hydrogen (secondary N) is 1. The van der Waals surface area contributed by atoms with Crippen LogP contribution in [0, 0.1) is 15.9 Å². The topological polar surface area (TPSA) is 84.2 Å². The summed E-state index contributed by atoms with van der Waals surface area (Å²) in [5.74, 6) is 0.0744. The molecule has 24 heavy (non-hydrogen) atoms. The van der Waals surface area contributed by atoms with Gasteiger partial charge in [-0.25, -0.2) is 14.4 Å². The molecule has 0 saturated carbocycles. The predicted molar refractivity (Wildman–Crippen MR) is 89.1 cm³/mol. The number of nitro groups is 1. The number of anilines is 3. The number of halogens is 1. The van der Waals surface area contributed by atoms with Crippen molar-refractivity contribution in [3.63, 3.8) is 0 Å². The van der Waals surface area contributed by atoms with Gasteiger partial charge in [-0.3, -0.25) is 10.1 Å². The van der Waals surface area contributed by atoms with Crippen molar-refractivity contribution >= 4 is 23.0 Å². The van der Waals surface area contributed by atoms with Crippen LogP contribution in [0.25, 0.3) is 0 Å². The monoisotopic (exact) mass is 331 g/mol. The highest BCUT2D eigenvalue weighted by atomic mass is 19.1. The van der Waals surface area contributed by atoms with E-state index < -0.39 is 4.92 Å². The van der Waals surface area contributed by atoms with Crippen LogP contribution in [0.15, 0.2) is 30.6 Å². The lowest BCUT2D eigenvalue weighted by atomic mass is 10.2. The highest BCUT2D eigenvalue weighted by Gasteiger charge is 2.27. The van der Waals surface area contributed by atoms with Crippen LogP contribution in [0.2, 0.25) is 0 Å². The van der Waals surface area contributed by atoms with Gasteiger partial charge in [0.05, 0.1) is 4.92 Å². The van der Waals surface area contributed by atoms with E-state index in [0.717, 1.165) is 38.8 Å². The van der Waals surface area contributed by atoms with Crippen molar-refractivity contribution in [3.8, 4) is 0 Å². The van der Waals surface area contributed by atoms with E-state index in [1.807, 2.05) is 4.90 Å². The molecule has 3 rings (SSSR count). The van der Waals surface area contributed by atoms with E-state index in [9.17, 15) is 14.5 Å². The van der Waals surface area contributed by atoms with Gasteiger partial charge in [0.1, 0.15) is 12.1 Å². The van der Waals surface area contributed by atoms with Crippen LogP contribution in [-0.2, 0) is 0 Å². The van der Waals surface area contributed by atoms with E-state index in [1.54, 1.807) is 0 Å². The molecule has 1 saturated heterocycles. The van der Waals surface area contributed by atoms with Crippen molar-refractivity contribution in [3.05, 3.63) is 46.5 Å². The Hall–Kier alpha value is -2.77. The van der Waals surface area contributed by atoms with Gasteiger partial charge in [-0.1, -0.05) is 12.8 Å². The summed E-state index contributed by atoms with van der Waals surface area (Å²) in [6.45, 7) is 1.49. The molecule has 1 aromatic heterocycles. The van der Waals surface area contributed by atoms with E-state index in [1.165, 1.54) is 30.6 Å². The normalized spacial score (nSPS) is 15.0. The van der Waals surface area contributed by atoms with Crippen LogP contribution < -0.4 is 10.2 Å². The summed E-state index contributed by atoms with van der Waals surface area (Å²) in [5, 5.41) is 14.5. The fourth-order valence-electron chi connectivity index (χ4n) is 2.81. The van der Waals surface area contributed by atoms with E-state index in [-0.39, 0.29) is 17.3 Å². The van der Waals surface area contributed by atoms with Gasteiger partial charge in [-0.05, 0) is 37.1 Å². The highest BCUT2D eigenvalue weighted by Crippen LogP contribution is 2.34. The van der Waals surface area contributed by atoms with Crippen molar-refractivity contribution in [2.45, 2.75) is 25.7 Å². The first-order valence-corrected chi connectivity index (χ1v) is 7.92. The first-order valence-electron chi connectivity index (χ1n) is 7.92. The molecule has 0 spiro atoms. The molecule has 2 heterocycles. The average Bonchev–Trinajstić information content (AvgIpc) is 2.86. The van der Waals surface area contributed by atoms with E-state index in [0.29, 0.717) is 11.5 Å². The summed E-state index contributed by atoms with van der Waals surface area (Å²) < 4.78 is 13.0. The zero-order chi connectivity index (χ0) is 16.9. The molecule has 0 atom stereocenters. The molecule has 0 bridgehead atoms. The quantitative estimate of drug-likeness (QED) is 0.680. The zero-order valence-corrected chi connectivity index (χ0v) is 13.1. The standard InChI is InChI=1S/C16H18FN5O2/c17-12-5-7-13(8-6-12)20-15-14(22(23)24)16(19-11-18-15)21-9-3-1-2-4-10-21/h5-8,11H,1-4,9-10H2,(H,18,19,20). The lowest BCUT2D eigenvalue weighted by molar-refractivity contribution is -0.383. The molecule has 8 heteroatoms. The fourth-order valence-corrected chi connectivity index (χ4v) is 2.81. The van der Waals surface area contributed by atoms with Crippen LogP contribution in [-0.4, -0.2) is 28.0 Å². The van der Waals surface area contributed by atoms with Crippen LogP contribution >= 0.6 is 0 Å². The Morgan fingerprint density at radius 1 is 1.08 bits per heavy atom. The Morgan fingerprint density at radius 2 is 1.75 bits per heavy atom. The zero-order valence-electron chi connectivity index (χ0n) is 13.1. The molecule has 1 aliphatic rings. The van der Waals surface area contributed by atoms with E-state index in [4.69, 9.17) is 0 Å². The Labute approximate surface area is 138 Å². The largest absolute Gasteiger partial charge is 0.353 e. The van der Waals surface area contributed by atoms with Crippen LogP contribution in [0.3, 0.4) is 0 Å². The Kier molecular flexibility index (Phi) is 4.83. The second kappa shape index (κ2) is 7.20. The Morgan fingerprint density at radius 3 is 2.38 bits per heavy atom. The third kappa shape index (κ3) is 3.58. The van der Waals surface area contributed by atoms with Crippen LogP contribution in [0.4, 0.5) is 27.4 Å². The minimum atomic E-state index is -0.466. The van der Waals surface area contributed by atoms with Crippen LogP contribution in [0.1, 0.15) is 25.7 Å². The van der Waals surface area contributed by atoms with Gasteiger partial charge < -0.3 is 10.2 Å². The van der Waals surface area contributed by atoms with Gasteiger partial charge in [0, 0.05) is 18.8 Å². The molecular formula is C16H18FN5O2. The maximum Gasteiger partial charge on any atom is 0.353 e. The minimum absolute atomic E-state index is 0.112. The second-order valence-electron chi connectivity index (χ2n) is 5.68. The molecule has 0 aliphatic carbocycles. The maximum atomic E-state index is 13.0. The molecule has 2 aromatic rings. The number of hydrogen-bond acceptors (Lipinski definition) is 6. The molecule has 0 amide bonds. The van der Waals surface area contributed by atoms with Gasteiger partial charge >= 0.3 is 5.69 Å². The van der Waals surface area contributed by atoms with Gasteiger partial charge in [-0.2, -0.15) is 0 Å². The van der Waals surface area contributed by atoms with Gasteiger partial charge in [0.25, 0.3) is 0 Å². The summed E-state index contributed by atoms with van der Waals surface area (Å²) in [6, 6.07) is 5.58. The SMILES string of the molecule is O=[N+]([O-])c1c(Nc2ccc(F)cc2)ncnc1N1CCCCCC1. The smallest absolute Gasteiger partial charge is 0.351 e. The van der Waals surface area contributed by atoms with Gasteiger partial charge in [-0.15, -0.1) is 0 Å².